The first kappa shape index (κ1) is 15.8. The van der Waals surface area contributed by atoms with Crippen LogP contribution in [0.5, 0.6) is 5.75 Å². The number of hydrogen-bond donors (Lipinski definition) is 2. The van der Waals surface area contributed by atoms with Gasteiger partial charge in [0.25, 0.3) is 0 Å². The first-order valence-electron chi connectivity index (χ1n) is 7.35. The molecule has 0 amide bonds. The van der Waals surface area contributed by atoms with Crippen LogP contribution < -0.4 is 15.8 Å². The number of hydrogen-bond acceptors (Lipinski definition) is 2. The molecular formula is C17H17BrFN3O. The van der Waals surface area contributed by atoms with E-state index in [1.807, 2.05) is 30.3 Å². The first-order valence-corrected chi connectivity index (χ1v) is 8.14. The Morgan fingerprint density at radius 2 is 2.17 bits per heavy atom. The minimum Gasteiger partial charge on any atom is -0.493 e. The number of rotatable bonds is 3. The lowest BCUT2D eigenvalue weighted by Crippen LogP contribution is -2.37. The number of para-hydroxylation sites is 1. The van der Waals surface area contributed by atoms with Crippen molar-refractivity contribution in [2.24, 2.45) is 10.7 Å². The van der Waals surface area contributed by atoms with Crippen LogP contribution in [0.2, 0.25) is 0 Å². The Labute approximate surface area is 142 Å². The first-order chi connectivity index (χ1) is 11.1. The molecule has 2 aromatic carbocycles. The van der Waals surface area contributed by atoms with Crippen LogP contribution in [0.4, 0.5) is 4.39 Å². The number of nitrogens with two attached hydrogens (primary N) is 1. The van der Waals surface area contributed by atoms with Gasteiger partial charge in [-0.3, -0.25) is 0 Å². The molecule has 3 N–H and O–H groups in total. The molecule has 0 aromatic heterocycles. The molecule has 0 fully saturated rings. The van der Waals surface area contributed by atoms with Gasteiger partial charge in [0.1, 0.15) is 11.6 Å². The average molecular weight is 378 g/mol. The van der Waals surface area contributed by atoms with Gasteiger partial charge in [0.05, 0.1) is 19.2 Å². The van der Waals surface area contributed by atoms with E-state index >= 15 is 0 Å². The number of guanidine groups is 1. The molecule has 23 heavy (non-hydrogen) atoms. The highest BCUT2D eigenvalue weighted by Gasteiger charge is 2.21. The molecular weight excluding hydrogens is 361 g/mol. The fraction of sp³-hybridized carbons (Fsp3) is 0.235. The lowest BCUT2D eigenvalue weighted by Gasteiger charge is -2.26. The van der Waals surface area contributed by atoms with Crippen molar-refractivity contribution in [1.82, 2.24) is 5.32 Å². The third-order valence-electron chi connectivity index (χ3n) is 3.63. The second-order valence-electron chi connectivity index (χ2n) is 5.35. The van der Waals surface area contributed by atoms with Crippen molar-refractivity contribution in [2.75, 3.05) is 6.61 Å². The van der Waals surface area contributed by atoms with Gasteiger partial charge in [-0.1, -0.05) is 34.1 Å². The Balaban J connectivity index is 1.68. The smallest absolute Gasteiger partial charge is 0.189 e. The van der Waals surface area contributed by atoms with Gasteiger partial charge in [-0.25, -0.2) is 9.38 Å². The Bertz CT molecular complexity index is 715. The standard InChI is InChI=1S/C17H17BrFN3O/c18-12-7-11(8-13(19)9-12)10-21-17(20)22-15-5-6-23-16-4-2-1-3-14(15)16/h1-4,7-9,15H,5-6,10H2,(H3,20,21,22). The van der Waals surface area contributed by atoms with Gasteiger partial charge in [-0.15, -0.1) is 0 Å². The van der Waals surface area contributed by atoms with E-state index < -0.39 is 0 Å². The summed E-state index contributed by atoms with van der Waals surface area (Å²) in [5.41, 5.74) is 7.81. The van der Waals surface area contributed by atoms with Crippen molar-refractivity contribution >= 4 is 21.9 Å². The van der Waals surface area contributed by atoms with E-state index in [9.17, 15) is 4.39 Å². The fourth-order valence-electron chi connectivity index (χ4n) is 2.59. The van der Waals surface area contributed by atoms with Gasteiger partial charge in [0.2, 0.25) is 0 Å². The Kier molecular flexibility index (Phi) is 4.81. The predicted octanol–water partition coefficient (Wildman–Crippen LogP) is 3.52. The summed E-state index contributed by atoms with van der Waals surface area (Å²) >= 11 is 3.27. The molecule has 0 bridgehead atoms. The summed E-state index contributed by atoms with van der Waals surface area (Å²) in [6, 6.07) is 12.6. The maximum atomic E-state index is 13.4. The highest BCUT2D eigenvalue weighted by Crippen LogP contribution is 2.31. The SMILES string of the molecule is NC(=NCc1cc(F)cc(Br)c1)NC1CCOc2ccccc21. The largest absolute Gasteiger partial charge is 0.493 e. The molecule has 0 spiro atoms. The summed E-state index contributed by atoms with van der Waals surface area (Å²) in [6.07, 6.45) is 0.818. The molecule has 4 nitrogen and oxygen atoms in total. The third kappa shape index (κ3) is 4.01. The maximum absolute atomic E-state index is 13.4. The number of aliphatic imine (C=N–C) groups is 1. The van der Waals surface area contributed by atoms with Crippen LogP contribution in [0.1, 0.15) is 23.6 Å². The summed E-state index contributed by atoms with van der Waals surface area (Å²) in [6.45, 7) is 0.957. The molecule has 0 saturated heterocycles. The van der Waals surface area contributed by atoms with Crippen LogP contribution in [0.25, 0.3) is 0 Å². The predicted molar refractivity (Wildman–Crippen MR) is 91.9 cm³/mol. The summed E-state index contributed by atoms with van der Waals surface area (Å²) in [4.78, 5) is 4.30. The van der Waals surface area contributed by atoms with Crippen LogP contribution in [0.3, 0.4) is 0 Å². The van der Waals surface area contributed by atoms with Gasteiger partial charge in [-0.2, -0.15) is 0 Å². The van der Waals surface area contributed by atoms with E-state index in [2.05, 4.69) is 26.2 Å². The second-order valence-corrected chi connectivity index (χ2v) is 6.27. The van der Waals surface area contributed by atoms with Gasteiger partial charge < -0.3 is 15.8 Å². The molecule has 0 radical (unpaired) electrons. The highest BCUT2D eigenvalue weighted by atomic mass is 79.9. The van der Waals surface area contributed by atoms with Crippen LogP contribution in [0.15, 0.2) is 51.9 Å². The molecule has 0 saturated carbocycles. The monoisotopic (exact) mass is 377 g/mol. The van der Waals surface area contributed by atoms with Crippen LogP contribution in [-0.2, 0) is 6.54 Å². The van der Waals surface area contributed by atoms with E-state index in [1.54, 1.807) is 0 Å². The van der Waals surface area contributed by atoms with Gasteiger partial charge in [-0.05, 0) is 29.8 Å². The summed E-state index contributed by atoms with van der Waals surface area (Å²) in [5, 5.41) is 3.22. The molecule has 1 unspecified atom stereocenters. The molecule has 1 aliphatic rings. The summed E-state index contributed by atoms with van der Waals surface area (Å²) in [5.74, 6) is 0.916. The lowest BCUT2D eigenvalue weighted by molar-refractivity contribution is 0.262. The average Bonchev–Trinajstić information content (AvgIpc) is 2.52. The van der Waals surface area contributed by atoms with Crippen molar-refractivity contribution in [3.63, 3.8) is 0 Å². The van der Waals surface area contributed by atoms with Crippen LogP contribution in [-0.4, -0.2) is 12.6 Å². The van der Waals surface area contributed by atoms with E-state index in [0.29, 0.717) is 23.6 Å². The normalized spacial score (nSPS) is 17.3. The molecule has 1 aliphatic heterocycles. The van der Waals surface area contributed by atoms with Crippen molar-refractivity contribution in [3.8, 4) is 5.75 Å². The number of halogens is 2. The van der Waals surface area contributed by atoms with Crippen LogP contribution in [0, 0.1) is 5.82 Å². The summed E-state index contributed by atoms with van der Waals surface area (Å²) in [7, 11) is 0. The van der Waals surface area contributed by atoms with E-state index in [4.69, 9.17) is 10.5 Å². The van der Waals surface area contributed by atoms with Gasteiger partial charge in [0, 0.05) is 16.5 Å². The molecule has 0 aliphatic carbocycles. The minimum atomic E-state index is -0.297. The van der Waals surface area contributed by atoms with Gasteiger partial charge in [0.15, 0.2) is 5.96 Å². The zero-order chi connectivity index (χ0) is 16.2. The van der Waals surface area contributed by atoms with Crippen molar-refractivity contribution in [1.29, 1.82) is 0 Å². The number of nitrogens with zero attached hydrogens (tertiary/aromatic N) is 1. The van der Waals surface area contributed by atoms with Gasteiger partial charge >= 0.3 is 0 Å². The molecule has 1 atom stereocenters. The molecule has 3 rings (SSSR count). The Morgan fingerprint density at radius 3 is 3.00 bits per heavy atom. The molecule has 2 aromatic rings. The molecule has 1 heterocycles. The van der Waals surface area contributed by atoms with Crippen molar-refractivity contribution in [2.45, 2.75) is 19.0 Å². The Morgan fingerprint density at radius 1 is 1.35 bits per heavy atom. The quantitative estimate of drug-likeness (QED) is 0.635. The van der Waals surface area contributed by atoms with Crippen molar-refractivity contribution in [3.05, 3.63) is 63.9 Å². The Hall–Kier alpha value is -2.08. The van der Waals surface area contributed by atoms with Crippen molar-refractivity contribution < 1.29 is 9.13 Å². The maximum Gasteiger partial charge on any atom is 0.189 e. The van der Waals surface area contributed by atoms with Crippen LogP contribution >= 0.6 is 15.9 Å². The number of ether oxygens (including phenoxy) is 1. The van der Waals surface area contributed by atoms with E-state index in [0.717, 1.165) is 23.3 Å². The summed E-state index contributed by atoms with van der Waals surface area (Å²) < 4.78 is 19.7. The third-order valence-corrected chi connectivity index (χ3v) is 4.09. The zero-order valence-corrected chi connectivity index (χ0v) is 14.0. The fourth-order valence-corrected chi connectivity index (χ4v) is 3.11. The molecule has 120 valence electrons. The molecule has 6 heteroatoms. The number of nitrogens with one attached hydrogen (secondary N) is 1. The second kappa shape index (κ2) is 7.00. The topological polar surface area (TPSA) is 59.6 Å². The van der Waals surface area contributed by atoms with E-state index in [1.165, 1.54) is 12.1 Å². The number of fused-ring (bicyclic) bond motifs is 1. The highest BCUT2D eigenvalue weighted by molar-refractivity contribution is 9.10. The minimum absolute atomic E-state index is 0.0722. The number of benzene rings is 2. The van der Waals surface area contributed by atoms with E-state index in [-0.39, 0.29) is 11.9 Å². The lowest BCUT2D eigenvalue weighted by atomic mass is 10.0. The zero-order valence-electron chi connectivity index (χ0n) is 12.4.